The van der Waals surface area contributed by atoms with E-state index in [0.717, 1.165) is 16.9 Å². The molecule has 0 radical (unpaired) electrons. The second kappa shape index (κ2) is 9.62. The summed E-state index contributed by atoms with van der Waals surface area (Å²) in [7, 11) is 0. The molecular weight excluding hydrogens is 449 g/mol. The number of rotatable bonds is 7. The quantitative estimate of drug-likeness (QED) is 0.232. The minimum Gasteiger partial charge on any atom is -0.494 e. The summed E-state index contributed by atoms with van der Waals surface area (Å²) in [6.45, 7) is 11.6. The van der Waals surface area contributed by atoms with Crippen molar-refractivity contribution >= 4 is 34.6 Å². The maximum atomic E-state index is 14.2. The molecule has 0 unspecified atom stereocenters. The molecule has 0 aliphatic carbocycles. The number of benzene rings is 3. The first-order valence-corrected chi connectivity index (χ1v) is 11.3. The Balaban J connectivity index is 1.37. The van der Waals surface area contributed by atoms with Gasteiger partial charge < -0.3 is 9.64 Å². The van der Waals surface area contributed by atoms with E-state index >= 15 is 0 Å². The molecule has 1 aliphatic heterocycles. The number of amides is 1. The smallest absolute Gasteiger partial charge is 0.258 e. The van der Waals surface area contributed by atoms with Gasteiger partial charge in [-0.25, -0.2) is 9.24 Å². The number of halogens is 1. The van der Waals surface area contributed by atoms with Crippen LogP contribution in [0.3, 0.4) is 0 Å². The highest BCUT2D eigenvalue weighted by Gasteiger charge is 2.49. The Morgan fingerprint density at radius 1 is 1.03 bits per heavy atom. The molecule has 3 aromatic rings. The zero-order chi connectivity index (χ0) is 24.3. The lowest BCUT2D eigenvalue weighted by molar-refractivity contribution is -0.123. The van der Waals surface area contributed by atoms with E-state index in [9.17, 15) is 9.18 Å². The fourth-order valence-corrected chi connectivity index (χ4v) is 4.46. The van der Waals surface area contributed by atoms with Gasteiger partial charge >= 0.3 is 0 Å². The number of ether oxygens (including phenoxy) is 1. The minimum absolute atomic E-state index is 0.0913. The molecule has 0 N–H and O–H groups in total. The van der Waals surface area contributed by atoms with Crippen molar-refractivity contribution in [3.63, 3.8) is 0 Å². The SMILES string of the molecule is [C-]#[N+]c1ccc(N2C(=O)C(C)(C)N(CCCOc3ccc(-c4ccccc4)cc3)C2=S)cc1F. The normalized spacial score (nSPS) is 14.9. The number of thiocarbonyl (C=S) groups is 1. The van der Waals surface area contributed by atoms with E-state index in [1.807, 2.05) is 47.4 Å². The lowest BCUT2D eigenvalue weighted by Gasteiger charge is -2.29. The van der Waals surface area contributed by atoms with E-state index < -0.39 is 11.4 Å². The van der Waals surface area contributed by atoms with E-state index in [4.69, 9.17) is 23.5 Å². The largest absolute Gasteiger partial charge is 0.494 e. The fraction of sp³-hybridized carbons (Fsp3) is 0.222. The third kappa shape index (κ3) is 4.50. The zero-order valence-electron chi connectivity index (χ0n) is 19.0. The first-order valence-electron chi connectivity index (χ1n) is 10.9. The van der Waals surface area contributed by atoms with Crippen molar-refractivity contribution in [1.29, 1.82) is 0 Å². The Hall–Kier alpha value is -3.76. The number of hydrogen-bond acceptors (Lipinski definition) is 3. The number of carbonyl (C=O) groups is 1. The summed E-state index contributed by atoms with van der Waals surface area (Å²) in [6, 6.07) is 22.2. The molecule has 0 spiro atoms. The van der Waals surface area contributed by atoms with Gasteiger partial charge in [-0.05, 0) is 67.9 Å². The molecule has 7 heteroatoms. The molecule has 3 aromatic carbocycles. The maximum absolute atomic E-state index is 14.2. The molecule has 0 atom stereocenters. The molecule has 1 fully saturated rings. The van der Waals surface area contributed by atoms with Crippen LogP contribution < -0.4 is 9.64 Å². The van der Waals surface area contributed by atoms with E-state index in [1.54, 1.807) is 19.9 Å². The van der Waals surface area contributed by atoms with Crippen LogP contribution in [0.15, 0.2) is 72.8 Å². The van der Waals surface area contributed by atoms with Crippen LogP contribution >= 0.6 is 12.2 Å². The highest BCUT2D eigenvalue weighted by molar-refractivity contribution is 7.80. The van der Waals surface area contributed by atoms with Gasteiger partial charge in [-0.1, -0.05) is 48.5 Å². The van der Waals surface area contributed by atoms with Gasteiger partial charge in [-0.2, -0.15) is 0 Å². The second-order valence-electron chi connectivity index (χ2n) is 8.47. The van der Waals surface area contributed by atoms with Crippen molar-refractivity contribution in [2.75, 3.05) is 18.1 Å². The molecule has 0 aromatic heterocycles. The lowest BCUT2D eigenvalue weighted by Crippen LogP contribution is -2.44. The minimum atomic E-state index is -0.872. The second-order valence-corrected chi connectivity index (χ2v) is 8.84. The summed E-state index contributed by atoms with van der Waals surface area (Å²) in [6.07, 6.45) is 0.649. The van der Waals surface area contributed by atoms with Gasteiger partial charge in [0.1, 0.15) is 17.1 Å². The Morgan fingerprint density at radius 3 is 2.35 bits per heavy atom. The summed E-state index contributed by atoms with van der Waals surface area (Å²) in [5.74, 6) is -0.132. The average Bonchev–Trinajstić information content (AvgIpc) is 3.01. The van der Waals surface area contributed by atoms with Gasteiger partial charge in [0, 0.05) is 6.54 Å². The zero-order valence-corrected chi connectivity index (χ0v) is 19.8. The van der Waals surface area contributed by atoms with Crippen molar-refractivity contribution in [2.24, 2.45) is 0 Å². The van der Waals surface area contributed by atoms with Crippen molar-refractivity contribution in [3.05, 3.63) is 90.0 Å². The summed E-state index contributed by atoms with van der Waals surface area (Å²) < 4.78 is 20.0. The van der Waals surface area contributed by atoms with Crippen molar-refractivity contribution in [3.8, 4) is 16.9 Å². The van der Waals surface area contributed by atoms with Crippen LogP contribution in [-0.2, 0) is 4.79 Å². The Kier molecular flexibility index (Phi) is 6.62. The first kappa shape index (κ1) is 23.4. The topological polar surface area (TPSA) is 37.1 Å². The molecule has 34 heavy (non-hydrogen) atoms. The van der Waals surface area contributed by atoms with E-state index in [1.165, 1.54) is 17.0 Å². The van der Waals surface area contributed by atoms with Crippen LogP contribution in [0.5, 0.6) is 5.75 Å². The molecule has 1 aliphatic rings. The highest BCUT2D eigenvalue weighted by atomic mass is 32.1. The predicted octanol–water partition coefficient (Wildman–Crippen LogP) is 6.22. The molecule has 172 valence electrons. The first-order chi connectivity index (χ1) is 16.3. The molecule has 1 amide bonds. The van der Waals surface area contributed by atoms with Crippen LogP contribution in [0.25, 0.3) is 16.0 Å². The third-order valence-electron chi connectivity index (χ3n) is 5.89. The highest BCUT2D eigenvalue weighted by Crippen LogP contribution is 2.34. The fourth-order valence-electron chi connectivity index (χ4n) is 3.95. The Bertz CT molecular complexity index is 1250. The van der Waals surface area contributed by atoms with Crippen molar-refractivity contribution in [1.82, 2.24) is 4.90 Å². The maximum Gasteiger partial charge on any atom is 0.258 e. The van der Waals surface area contributed by atoms with Crippen LogP contribution in [0.4, 0.5) is 15.8 Å². The molecule has 0 saturated carbocycles. The summed E-state index contributed by atoms with van der Waals surface area (Å²) in [4.78, 5) is 19.4. The molecule has 4 rings (SSSR count). The van der Waals surface area contributed by atoms with Gasteiger partial charge in [-0.3, -0.25) is 9.69 Å². The summed E-state index contributed by atoms with van der Waals surface area (Å²) >= 11 is 5.59. The lowest BCUT2D eigenvalue weighted by atomic mass is 10.0. The Labute approximate surface area is 204 Å². The van der Waals surface area contributed by atoms with E-state index in [0.29, 0.717) is 30.4 Å². The average molecular weight is 474 g/mol. The van der Waals surface area contributed by atoms with E-state index in [-0.39, 0.29) is 11.6 Å². The van der Waals surface area contributed by atoms with Crippen LogP contribution in [-0.4, -0.2) is 34.6 Å². The number of hydrogen-bond donors (Lipinski definition) is 0. The number of nitrogens with zero attached hydrogens (tertiary/aromatic N) is 3. The molecular formula is C27H24FN3O2S. The molecule has 1 saturated heterocycles. The van der Waals surface area contributed by atoms with Gasteiger partial charge in [0.05, 0.1) is 18.9 Å². The van der Waals surface area contributed by atoms with Crippen LogP contribution in [0, 0.1) is 12.4 Å². The van der Waals surface area contributed by atoms with Gasteiger partial charge in [-0.15, -0.1) is 0 Å². The predicted molar refractivity (Wildman–Crippen MR) is 136 cm³/mol. The number of anilines is 1. The monoisotopic (exact) mass is 473 g/mol. The molecule has 1 heterocycles. The van der Waals surface area contributed by atoms with Crippen molar-refractivity contribution < 1.29 is 13.9 Å². The summed E-state index contributed by atoms with van der Waals surface area (Å²) in [5.41, 5.74) is 1.63. The third-order valence-corrected chi connectivity index (χ3v) is 6.29. The number of carbonyl (C=O) groups excluding carboxylic acids is 1. The summed E-state index contributed by atoms with van der Waals surface area (Å²) in [5, 5.41) is 0.317. The van der Waals surface area contributed by atoms with Gasteiger partial charge in [0.2, 0.25) is 5.69 Å². The van der Waals surface area contributed by atoms with Gasteiger partial charge in [0.25, 0.3) is 5.91 Å². The standard InChI is InChI=1S/C27H24FN3O2S/c1-27(2)25(32)31(21-12-15-24(29-3)23(28)18-21)26(34)30(27)16-7-17-33-22-13-10-20(11-14-22)19-8-5-4-6-9-19/h4-6,8-15,18H,7,16-17H2,1-2H3. The van der Waals surface area contributed by atoms with Crippen LogP contribution in [0.1, 0.15) is 20.3 Å². The van der Waals surface area contributed by atoms with Crippen LogP contribution in [0.2, 0.25) is 0 Å². The molecule has 5 nitrogen and oxygen atoms in total. The molecule has 0 bridgehead atoms. The Morgan fingerprint density at radius 2 is 1.71 bits per heavy atom. The van der Waals surface area contributed by atoms with Crippen molar-refractivity contribution in [2.45, 2.75) is 25.8 Å². The van der Waals surface area contributed by atoms with Gasteiger partial charge in [0.15, 0.2) is 5.11 Å². The van der Waals surface area contributed by atoms with E-state index in [2.05, 4.69) is 17.0 Å².